The van der Waals surface area contributed by atoms with E-state index in [-0.39, 0.29) is 36.5 Å². The minimum atomic E-state index is -4.03. The summed E-state index contributed by atoms with van der Waals surface area (Å²) in [5, 5.41) is 9.09. The number of hydrogen-bond donors (Lipinski definition) is 2. The van der Waals surface area contributed by atoms with Crippen LogP contribution < -0.4 is 29.2 Å². The van der Waals surface area contributed by atoms with Crippen molar-refractivity contribution >= 4 is 65.9 Å². The van der Waals surface area contributed by atoms with Crippen molar-refractivity contribution in [3.05, 3.63) is 106 Å². The summed E-state index contributed by atoms with van der Waals surface area (Å²) in [5.41, 5.74) is 0.415. The number of carbonyl (C=O) groups is 2. The Bertz CT molecular complexity index is 1950. The molecule has 0 fully saturated rings. The molecule has 4 aromatic rings. The van der Waals surface area contributed by atoms with Crippen LogP contribution in [0.4, 0.5) is 0 Å². The summed E-state index contributed by atoms with van der Waals surface area (Å²) in [4.78, 5) is 22.7. The lowest BCUT2D eigenvalue weighted by molar-refractivity contribution is 0.103. The molecule has 0 aliphatic carbocycles. The molecule has 0 aliphatic rings. The van der Waals surface area contributed by atoms with Gasteiger partial charge in [0.05, 0.1) is 44.0 Å². The third-order valence-electron chi connectivity index (χ3n) is 5.89. The van der Waals surface area contributed by atoms with Gasteiger partial charge in [-0.15, -0.1) is 0 Å². The van der Waals surface area contributed by atoms with E-state index in [0.717, 1.165) is 23.6 Å². The monoisotopic (exact) mass is 746 g/mol. The van der Waals surface area contributed by atoms with Crippen molar-refractivity contribution in [3.63, 3.8) is 0 Å². The fraction of sp³-hybridized carbons (Fsp3) is 0.133. The summed E-state index contributed by atoms with van der Waals surface area (Å²) in [6, 6.07) is 19.6. The maximum atomic E-state index is 12.6. The Morgan fingerprint density at radius 1 is 0.596 bits per heavy atom. The number of rotatable bonds is 9. The maximum absolute atomic E-state index is 12.6. The highest BCUT2D eigenvalue weighted by atomic mass is 35.5. The van der Waals surface area contributed by atoms with Gasteiger partial charge < -0.3 is 18.9 Å². The molecular weight excluding hydrogens is 719 g/mol. The second-order valence-corrected chi connectivity index (χ2v) is 13.1. The molecule has 0 spiro atoms. The molecule has 0 atom stereocenters. The van der Waals surface area contributed by atoms with E-state index in [1.54, 1.807) is 26.4 Å². The lowest BCUT2D eigenvalue weighted by Gasteiger charge is -2.10. The van der Waals surface area contributed by atoms with Crippen LogP contribution in [0.25, 0.3) is 0 Å². The van der Waals surface area contributed by atoms with Crippen LogP contribution in [0.5, 0.6) is 23.0 Å². The van der Waals surface area contributed by atoms with Gasteiger partial charge in [-0.05, 0) is 72.3 Å². The molecular formula is C30H29Cl3N2O10S2. The summed E-state index contributed by atoms with van der Waals surface area (Å²) in [7, 11) is -1.78. The molecule has 0 unspecified atom stereocenters. The van der Waals surface area contributed by atoms with Crippen LogP contribution in [0, 0.1) is 0 Å². The van der Waals surface area contributed by atoms with Crippen molar-refractivity contribution in [1.29, 1.82) is 0 Å². The van der Waals surface area contributed by atoms with E-state index in [0.29, 0.717) is 11.5 Å². The number of primary sulfonamides is 2. The molecule has 0 saturated heterocycles. The Hall–Kier alpha value is -3.89. The van der Waals surface area contributed by atoms with Crippen LogP contribution in [0.3, 0.4) is 0 Å². The number of hydrogen-bond acceptors (Lipinski definition) is 10. The van der Waals surface area contributed by atoms with E-state index in [2.05, 4.69) is 0 Å². The minimum Gasteiger partial charge on any atom is -0.497 e. The number of carbonyl (C=O) groups excluding carboxylic acids is 2. The van der Waals surface area contributed by atoms with Gasteiger partial charge in [0.15, 0.2) is 5.78 Å². The predicted molar refractivity (Wildman–Crippen MR) is 178 cm³/mol. The highest BCUT2D eigenvalue weighted by Crippen LogP contribution is 2.29. The number of ether oxygens (including phenoxy) is 4. The van der Waals surface area contributed by atoms with Gasteiger partial charge in [-0.3, -0.25) is 9.59 Å². The normalized spacial score (nSPS) is 10.7. The first kappa shape index (κ1) is 39.3. The smallest absolute Gasteiger partial charge is 0.252 e. The van der Waals surface area contributed by atoms with Gasteiger partial charge in [0.2, 0.25) is 20.0 Å². The summed E-state index contributed by atoms with van der Waals surface area (Å²) in [5.74, 6) is 2.05. The summed E-state index contributed by atoms with van der Waals surface area (Å²) < 4.78 is 65.2. The summed E-state index contributed by atoms with van der Waals surface area (Å²) in [6.45, 7) is 0. The van der Waals surface area contributed by atoms with Crippen molar-refractivity contribution in [2.24, 2.45) is 10.3 Å². The molecule has 12 nitrogen and oxygen atoms in total. The average Bonchev–Trinajstić information content (AvgIpc) is 3.03. The van der Waals surface area contributed by atoms with Gasteiger partial charge in [0.25, 0.3) is 5.24 Å². The standard InChI is InChI=1S/C15H14ClNO5S.C8H10O2.C7H5Cl2NO3S/c1-21-10-4-5-11(13(8-10)22-2)15(18)9-3-6-12(16)14(7-9)23(17,19)20;1-9-7-4-3-5-8(6-7)10-2;8-5-2-1-4(7(9)11)3-6(5)14(10,12)13/h3-8H,1-2H3,(H2,17,19,20);3-6H,1-2H3;1-3H,(H2,10,12,13). The number of nitrogens with two attached hydrogens (primary N) is 2. The Morgan fingerprint density at radius 2 is 1.04 bits per heavy atom. The Balaban J connectivity index is 0.000000271. The van der Waals surface area contributed by atoms with E-state index in [1.807, 2.05) is 24.3 Å². The lowest BCUT2D eigenvalue weighted by atomic mass is 10.0. The maximum Gasteiger partial charge on any atom is 0.252 e. The molecule has 4 rings (SSSR count). The van der Waals surface area contributed by atoms with E-state index in [1.165, 1.54) is 44.6 Å². The summed E-state index contributed by atoms with van der Waals surface area (Å²) in [6.07, 6.45) is 0. The van der Waals surface area contributed by atoms with Crippen LogP contribution in [-0.2, 0) is 20.0 Å². The van der Waals surface area contributed by atoms with E-state index in [4.69, 9.17) is 64.0 Å². The van der Waals surface area contributed by atoms with E-state index < -0.39 is 31.1 Å². The highest BCUT2D eigenvalue weighted by Gasteiger charge is 2.20. The van der Waals surface area contributed by atoms with Crippen LogP contribution >= 0.6 is 34.8 Å². The topological polar surface area (TPSA) is 191 Å². The second kappa shape index (κ2) is 17.3. The molecule has 47 heavy (non-hydrogen) atoms. The van der Waals surface area contributed by atoms with Gasteiger partial charge in [-0.25, -0.2) is 27.1 Å². The molecule has 4 aromatic carbocycles. The number of ketones is 1. The van der Waals surface area contributed by atoms with Crippen molar-refractivity contribution in [3.8, 4) is 23.0 Å². The van der Waals surface area contributed by atoms with Crippen LogP contribution in [0.1, 0.15) is 26.3 Å². The van der Waals surface area contributed by atoms with Crippen LogP contribution in [0.15, 0.2) is 88.7 Å². The van der Waals surface area contributed by atoms with Crippen molar-refractivity contribution < 1.29 is 45.4 Å². The highest BCUT2D eigenvalue weighted by molar-refractivity contribution is 7.89. The van der Waals surface area contributed by atoms with Gasteiger partial charge in [0.1, 0.15) is 32.8 Å². The van der Waals surface area contributed by atoms with Gasteiger partial charge >= 0.3 is 0 Å². The van der Waals surface area contributed by atoms with E-state index in [9.17, 15) is 26.4 Å². The van der Waals surface area contributed by atoms with Crippen molar-refractivity contribution in [1.82, 2.24) is 0 Å². The van der Waals surface area contributed by atoms with Crippen molar-refractivity contribution in [2.45, 2.75) is 9.79 Å². The third kappa shape index (κ3) is 11.4. The molecule has 0 bridgehead atoms. The average molecular weight is 748 g/mol. The summed E-state index contributed by atoms with van der Waals surface area (Å²) >= 11 is 16.5. The molecule has 0 saturated carbocycles. The third-order valence-corrected chi connectivity index (χ3v) is 8.90. The largest absolute Gasteiger partial charge is 0.497 e. The van der Waals surface area contributed by atoms with Crippen LogP contribution in [0.2, 0.25) is 10.0 Å². The number of halogens is 3. The number of methoxy groups -OCH3 is 4. The minimum absolute atomic E-state index is 0.0279. The van der Waals surface area contributed by atoms with Crippen LogP contribution in [-0.4, -0.2) is 56.3 Å². The lowest BCUT2D eigenvalue weighted by Crippen LogP contribution is -2.14. The van der Waals surface area contributed by atoms with Gasteiger partial charge in [0, 0.05) is 23.3 Å². The molecule has 17 heteroatoms. The zero-order valence-corrected chi connectivity index (χ0v) is 29.1. The SMILES string of the molecule is COc1ccc(C(=O)c2ccc(Cl)c(S(N)(=O)=O)c2)c(OC)c1.COc1cccc(OC)c1.NS(=O)(=O)c1cc(C(=O)Cl)ccc1Cl. The first-order chi connectivity index (χ1) is 22.0. The molecule has 0 aromatic heterocycles. The second-order valence-electron chi connectivity index (χ2n) is 8.93. The number of sulfonamides is 2. The molecule has 0 heterocycles. The molecule has 0 radical (unpaired) electrons. The first-order valence-electron chi connectivity index (χ1n) is 12.8. The zero-order valence-electron chi connectivity index (χ0n) is 25.2. The Labute approximate surface area is 287 Å². The molecule has 0 aliphatic heterocycles. The van der Waals surface area contributed by atoms with Crippen molar-refractivity contribution in [2.75, 3.05) is 28.4 Å². The molecule has 0 amide bonds. The number of benzene rings is 4. The van der Waals surface area contributed by atoms with E-state index >= 15 is 0 Å². The molecule has 4 N–H and O–H groups in total. The quantitative estimate of drug-likeness (QED) is 0.168. The molecule has 252 valence electrons. The zero-order chi connectivity index (χ0) is 35.5. The fourth-order valence-corrected chi connectivity index (χ4v) is 5.84. The predicted octanol–water partition coefficient (Wildman–Crippen LogP) is 5.31. The fourth-order valence-electron chi connectivity index (χ4n) is 3.58. The van der Waals surface area contributed by atoms with Gasteiger partial charge in [-0.2, -0.15) is 0 Å². The Morgan fingerprint density at radius 3 is 1.47 bits per heavy atom. The van der Waals surface area contributed by atoms with Gasteiger partial charge in [-0.1, -0.05) is 29.3 Å². The first-order valence-corrected chi connectivity index (χ1v) is 17.0. The Kier molecular flexibility index (Phi) is 14.5.